The Morgan fingerprint density at radius 1 is 1.23 bits per heavy atom. The topological polar surface area (TPSA) is 35.0 Å². The summed E-state index contributed by atoms with van der Waals surface area (Å²) in [5.41, 5.74) is 0.927. The minimum absolute atomic E-state index is 0.171. The smallest absolute Gasteiger partial charge is 0.216 e. The van der Waals surface area contributed by atoms with Crippen LogP contribution < -0.4 is 4.74 Å². The number of rotatable bonds is 2. The van der Waals surface area contributed by atoms with Crippen molar-refractivity contribution in [1.29, 1.82) is 0 Å². The molecular formula is C10H18N2O. The molecule has 0 aliphatic rings. The van der Waals surface area contributed by atoms with Crippen LogP contribution in [0.25, 0.3) is 0 Å². The van der Waals surface area contributed by atoms with Crippen LogP contribution in [0.5, 0.6) is 5.88 Å². The van der Waals surface area contributed by atoms with E-state index in [-0.39, 0.29) is 6.10 Å². The van der Waals surface area contributed by atoms with Crippen LogP contribution in [-0.4, -0.2) is 16.1 Å². The third-order valence-corrected chi connectivity index (χ3v) is 1.14. The number of hydrogen-bond acceptors (Lipinski definition) is 3. The lowest BCUT2D eigenvalue weighted by atomic mass is 10.4. The van der Waals surface area contributed by atoms with Crippen LogP contribution in [0, 0.1) is 6.92 Å². The molecule has 1 aromatic rings. The number of hydrogen-bond donors (Lipinski definition) is 0. The van der Waals surface area contributed by atoms with Crippen molar-refractivity contribution in [2.75, 3.05) is 0 Å². The van der Waals surface area contributed by atoms with Gasteiger partial charge < -0.3 is 4.74 Å². The van der Waals surface area contributed by atoms with Gasteiger partial charge in [-0.2, -0.15) is 0 Å². The summed E-state index contributed by atoms with van der Waals surface area (Å²) in [6.45, 7) is 9.85. The van der Waals surface area contributed by atoms with Gasteiger partial charge in [0.05, 0.1) is 6.10 Å². The molecule has 0 spiro atoms. The highest BCUT2D eigenvalue weighted by molar-refractivity contribution is 5.11. The van der Waals surface area contributed by atoms with Crippen molar-refractivity contribution >= 4 is 0 Å². The molecule has 0 radical (unpaired) electrons. The SMILES string of the molecule is CC.Cc1cc(OC(C)C)ncn1. The van der Waals surface area contributed by atoms with Crippen LogP contribution in [0.1, 0.15) is 33.4 Å². The van der Waals surface area contributed by atoms with Gasteiger partial charge in [0.2, 0.25) is 5.88 Å². The first-order chi connectivity index (χ1) is 6.18. The Bertz CT molecular complexity index is 236. The molecule has 0 aromatic carbocycles. The van der Waals surface area contributed by atoms with Crippen molar-refractivity contribution in [2.45, 2.75) is 40.7 Å². The van der Waals surface area contributed by atoms with Gasteiger partial charge in [-0.3, -0.25) is 0 Å². The zero-order valence-corrected chi connectivity index (χ0v) is 9.03. The third kappa shape index (κ3) is 5.17. The van der Waals surface area contributed by atoms with Crippen molar-refractivity contribution in [3.05, 3.63) is 18.1 Å². The molecule has 3 heteroatoms. The minimum atomic E-state index is 0.171. The molecule has 3 nitrogen and oxygen atoms in total. The highest BCUT2D eigenvalue weighted by Crippen LogP contribution is 2.07. The summed E-state index contributed by atoms with van der Waals surface area (Å²) in [6, 6.07) is 1.82. The third-order valence-electron chi connectivity index (χ3n) is 1.14. The molecule has 0 aliphatic carbocycles. The summed E-state index contributed by atoms with van der Waals surface area (Å²) in [5.74, 6) is 0.646. The Balaban J connectivity index is 0.000000671. The van der Waals surface area contributed by atoms with Gasteiger partial charge in [0.1, 0.15) is 6.33 Å². The number of ether oxygens (including phenoxy) is 1. The Labute approximate surface area is 80.2 Å². The fourth-order valence-electron chi connectivity index (χ4n) is 0.736. The zero-order chi connectivity index (χ0) is 10.3. The van der Waals surface area contributed by atoms with E-state index in [4.69, 9.17) is 4.74 Å². The average Bonchev–Trinajstić information content (AvgIpc) is 2.06. The Morgan fingerprint density at radius 3 is 2.31 bits per heavy atom. The molecular weight excluding hydrogens is 164 g/mol. The highest BCUT2D eigenvalue weighted by Gasteiger charge is 1.97. The standard InChI is InChI=1S/C8H12N2O.C2H6/c1-6(2)11-8-4-7(3)9-5-10-8;1-2/h4-6H,1-3H3;1-2H3. The highest BCUT2D eigenvalue weighted by atomic mass is 16.5. The molecule has 1 aromatic heterocycles. The molecule has 0 saturated carbocycles. The molecule has 0 aliphatic heterocycles. The predicted octanol–water partition coefficient (Wildman–Crippen LogP) is 2.60. The first kappa shape index (κ1) is 11.9. The van der Waals surface area contributed by atoms with Crippen LogP contribution in [0.15, 0.2) is 12.4 Å². The van der Waals surface area contributed by atoms with Crippen molar-refractivity contribution in [2.24, 2.45) is 0 Å². The van der Waals surface area contributed by atoms with Gasteiger partial charge in [-0.15, -0.1) is 0 Å². The predicted molar refractivity (Wildman–Crippen MR) is 53.9 cm³/mol. The number of nitrogens with zero attached hydrogens (tertiary/aromatic N) is 2. The van der Waals surface area contributed by atoms with E-state index in [0.717, 1.165) is 5.69 Å². The van der Waals surface area contributed by atoms with Gasteiger partial charge in [0.25, 0.3) is 0 Å². The van der Waals surface area contributed by atoms with Crippen LogP contribution in [0.3, 0.4) is 0 Å². The van der Waals surface area contributed by atoms with E-state index in [1.165, 1.54) is 6.33 Å². The van der Waals surface area contributed by atoms with Crippen molar-refractivity contribution < 1.29 is 4.74 Å². The van der Waals surface area contributed by atoms with Gasteiger partial charge in [-0.1, -0.05) is 13.8 Å². The lowest BCUT2D eigenvalue weighted by Gasteiger charge is -2.07. The summed E-state index contributed by atoms with van der Waals surface area (Å²) in [4.78, 5) is 7.90. The molecule has 1 rings (SSSR count). The van der Waals surface area contributed by atoms with E-state index >= 15 is 0 Å². The molecule has 74 valence electrons. The van der Waals surface area contributed by atoms with Gasteiger partial charge >= 0.3 is 0 Å². The molecule has 13 heavy (non-hydrogen) atoms. The lowest BCUT2D eigenvalue weighted by molar-refractivity contribution is 0.232. The minimum Gasteiger partial charge on any atom is -0.475 e. The van der Waals surface area contributed by atoms with E-state index in [9.17, 15) is 0 Å². The quantitative estimate of drug-likeness (QED) is 0.705. The van der Waals surface area contributed by atoms with E-state index < -0.39 is 0 Å². The van der Waals surface area contributed by atoms with Gasteiger partial charge in [0, 0.05) is 11.8 Å². The van der Waals surface area contributed by atoms with Crippen molar-refractivity contribution in [1.82, 2.24) is 9.97 Å². The second-order valence-electron chi connectivity index (χ2n) is 2.66. The van der Waals surface area contributed by atoms with Gasteiger partial charge in [0.15, 0.2) is 0 Å². The van der Waals surface area contributed by atoms with Crippen LogP contribution in [0.2, 0.25) is 0 Å². The Hall–Kier alpha value is -1.12. The molecule has 0 unspecified atom stereocenters. The second kappa shape index (κ2) is 6.40. The second-order valence-corrected chi connectivity index (χ2v) is 2.66. The maximum Gasteiger partial charge on any atom is 0.216 e. The van der Waals surface area contributed by atoms with E-state index in [0.29, 0.717) is 5.88 Å². The monoisotopic (exact) mass is 182 g/mol. The van der Waals surface area contributed by atoms with E-state index in [1.807, 2.05) is 40.7 Å². The van der Waals surface area contributed by atoms with Crippen molar-refractivity contribution in [3.63, 3.8) is 0 Å². The molecule has 0 bridgehead atoms. The number of aryl methyl sites for hydroxylation is 1. The zero-order valence-electron chi connectivity index (χ0n) is 9.03. The maximum atomic E-state index is 5.34. The maximum absolute atomic E-state index is 5.34. The van der Waals surface area contributed by atoms with Gasteiger partial charge in [-0.25, -0.2) is 9.97 Å². The van der Waals surface area contributed by atoms with E-state index in [1.54, 1.807) is 0 Å². The molecule has 0 N–H and O–H groups in total. The summed E-state index contributed by atoms with van der Waals surface area (Å²) < 4.78 is 5.34. The fraction of sp³-hybridized carbons (Fsp3) is 0.600. The molecule has 0 saturated heterocycles. The average molecular weight is 182 g/mol. The summed E-state index contributed by atoms with van der Waals surface area (Å²) in [5, 5.41) is 0. The van der Waals surface area contributed by atoms with E-state index in [2.05, 4.69) is 9.97 Å². The van der Waals surface area contributed by atoms with Gasteiger partial charge in [-0.05, 0) is 20.8 Å². The largest absolute Gasteiger partial charge is 0.475 e. The summed E-state index contributed by atoms with van der Waals surface area (Å²) in [6.07, 6.45) is 1.68. The summed E-state index contributed by atoms with van der Waals surface area (Å²) in [7, 11) is 0. The Morgan fingerprint density at radius 2 is 1.85 bits per heavy atom. The van der Waals surface area contributed by atoms with Crippen LogP contribution >= 0.6 is 0 Å². The lowest BCUT2D eigenvalue weighted by Crippen LogP contribution is -2.07. The summed E-state index contributed by atoms with van der Waals surface area (Å²) >= 11 is 0. The fourth-order valence-corrected chi connectivity index (χ4v) is 0.736. The Kier molecular flexibility index (Phi) is 5.85. The first-order valence-corrected chi connectivity index (χ1v) is 4.64. The molecule has 0 fully saturated rings. The van der Waals surface area contributed by atoms with Crippen LogP contribution in [0.4, 0.5) is 0 Å². The molecule has 0 amide bonds. The number of aromatic nitrogens is 2. The van der Waals surface area contributed by atoms with Crippen molar-refractivity contribution in [3.8, 4) is 5.88 Å². The molecule has 0 atom stereocenters. The first-order valence-electron chi connectivity index (χ1n) is 4.64. The molecule has 1 heterocycles. The van der Waals surface area contributed by atoms with Crippen LogP contribution in [-0.2, 0) is 0 Å². The normalized spacial score (nSPS) is 9.08.